The zero-order valence-corrected chi connectivity index (χ0v) is 17.1. The highest BCUT2D eigenvalue weighted by Gasteiger charge is 2.30. The lowest BCUT2D eigenvalue weighted by molar-refractivity contribution is 0.141. The minimum Gasteiger partial charge on any atom is -0.424 e. The lowest BCUT2D eigenvalue weighted by atomic mass is 10.1. The maximum atomic E-state index is 9.72. The number of H-pyrrole nitrogens is 1. The molecule has 0 amide bonds. The molecule has 7 nitrogen and oxygen atoms in total. The second-order valence-electron chi connectivity index (χ2n) is 6.95. The normalized spacial score (nSPS) is 14.6. The molecule has 1 aromatic carbocycles. The molecule has 0 saturated carbocycles. The van der Waals surface area contributed by atoms with Crippen molar-refractivity contribution in [1.82, 2.24) is 15.0 Å². The number of β-amino-alcohol motifs (C(OH)–C–C–N with tert-alkyl or cyclic N) is 1. The van der Waals surface area contributed by atoms with E-state index in [0.29, 0.717) is 35.3 Å². The Kier molecular flexibility index (Phi) is 5.25. The Balaban J connectivity index is 1.71. The van der Waals surface area contributed by atoms with Gasteiger partial charge in [-0.1, -0.05) is 31.2 Å². The predicted octanol–water partition coefficient (Wildman–Crippen LogP) is 4.34. The molecule has 0 aliphatic carbocycles. The highest BCUT2D eigenvalue weighted by Crippen LogP contribution is 2.37. The van der Waals surface area contributed by atoms with Crippen LogP contribution in [0, 0.1) is 6.92 Å². The van der Waals surface area contributed by atoms with Crippen LogP contribution in [0.3, 0.4) is 0 Å². The molecule has 8 heteroatoms. The average Bonchev–Trinajstić information content (AvgIpc) is 3.00. The molecule has 1 fully saturated rings. The number of hydrogen-bond acceptors (Lipinski definition) is 6. The second kappa shape index (κ2) is 7.85. The van der Waals surface area contributed by atoms with Crippen molar-refractivity contribution in [1.29, 1.82) is 0 Å². The van der Waals surface area contributed by atoms with Gasteiger partial charge in [0.15, 0.2) is 0 Å². The zero-order chi connectivity index (χ0) is 20.5. The van der Waals surface area contributed by atoms with Crippen LogP contribution in [0.25, 0.3) is 11.0 Å². The van der Waals surface area contributed by atoms with Gasteiger partial charge in [0.05, 0.1) is 22.2 Å². The second-order valence-corrected chi connectivity index (χ2v) is 7.33. The number of rotatable bonds is 6. The number of fused-ring (bicyclic) bond motifs is 1. The summed E-state index contributed by atoms with van der Waals surface area (Å²) < 4.78 is 5.95. The third-order valence-electron chi connectivity index (χ3n) is 4.83. The Morgan fingerprint density at radius 3 is 2.86 bits per heavy atom. The van der Waals surface area contributed by atoms with Gasteiger partial charge in [0.1, 0.15) is 17.2 Å². The summed E-state index contributed by atoms with van der Waals surface area (Å²) in [6, 6.07) is 5.80. The average molecular weight is 412 g/mol. The summed E-state index contributed by atoms with van der Waals surface area (Å²) in [6.45, 7) is 8.62. The maximum absolute atomic E-state index is 9.72. The first-order chi connectivity index (χ1) is 14.0. The lowest BCUT2D eigenvalue weighted by Gasteiger charge is -2.37. The number of anilines is 1. The van der Waals surface area contributed by atoms with Gasteiger partial charge < -0.3 is 19.7 Å². The Labute approximate surface area is 173 Å². The van der Waals surface area contributed by atoms with E-state index in [1.165, 1.54) is 0 Å². The first kappa shape index (κ1) is 19.4. The van der Waals surface area contributed by atoms with E-state index in [1.807, 2.05) is 36.9 Å². The molecule has 1 aliphatic heterocycles. The quantitative estimate of drug-likeness (QED) is 0.589. The van der Waals surface area contributed by atoms with Crippen molar-refractivity contribution in [2.45, 2.75) is 26.4 Å². The highest BCUT2D eigenvalue weighted by molar-refractivity contribution is 6.37. The van der Waals surface area contributed by atoms with Crippen LogP contribution in [0.5, 0.6) is 11.8 Å². The first-order valence-corrected chi connectivity index (χ1v) is 9.82. The Morgan fingerprint density at radius 2 is 2.21 bits per heavy atom. The van der Waals surface area contributed by atoms with Gasteiger partial charge >= 0.3 is 6.01 Å². The van der Waals surface area contributed by atoms with Crippen LogP contribution in [-0.4, -0.2) is 45.5 Å². The summed E-state index contributed by atoms with van der Waals surface area (Å²) in [5.41, 5.74) is 3.32. The van der Waals surface area contributed by atoms with Crippen molar-refractivity contribution in [2.75, 3.05) is 18.0 Å². The van der Waals surface area contributed by atoms with E-state index in [2.05, 4.69) is 26.5 Å². The van der Waals surface area contributed by atoms with E-state index >= 15 is 0 Å². The molecular weight excluding hydrogens is 390 g/mol. The van der Waals surface area contributed by atoms with E-state index in [0.717, 1.165) is 28.8 Å². The fourth-order valence-corrected chi connectivity index (χ4v) is 3.65. The summed E-state index contributed by atoms with van der Waals surface area (Å²) in [6.07, 6.45) is 3.67. The number of hydrogen-bond donors (Lipinski definition) is 2. The lowest BCUT2D eigenvalue weighted by Crippen LogP contribution is -2.51. The SMILES string of the molecule is C=CC=Nc1ccc(Oc2nc(N3CC(O)C3)c3c(Cl)c(CC)[nH]c3n2)cc1C. The maximum Gasteiger partial charge on any atom is 0.325 e. The van der Waals surface area contributed by atoms with E-state index in [9.17, 15) is 5.11 Å². The number of aromatic amines is 1. The van der Waals surface area contributed by atoms with Gasteiger partial charge in [-0.2, -0.15) is 9.97 Å². The van der Waals surface area contributed by atoms with Crippen LogP contribution in [0.2, 0.25) is 5.02 Å². The molecule has 3 heterocycles. The van der Waals surface area contributed by atoms with Gasteiger partial charge in [0.2, 0.25) is 0 Å². The van der Waals surface area contributed by atoms with Crippen molar-refractivity contribution in [3.8, 4) is 11.8 Å². The van der Waals surface area contributed by atoms with E-state index < -0.39 is 0 Å². The number of aromatic nitrogens is 3. The third-order valence-corrected chi connectivity index (χ3v) is 5.25. The van der Waals surface area contributed by atoms with Crippen molar-refractivity contribution < 1.29 is 9.84 Å². The molecule has 0 unspecified atom stereocenters. The molecular formula is C21H22ClN5O2. The van der Waals surface area contributed by atoms with Crippen LogP contribution < -0.4 is 9.64 Å². The van der Waals surface area contributed by atoms with E-state index in [1.54, 1.807) is 12.3 Å². The summed E-state index contributed by atoms with van der Waals surface area (Å²) in [7, 11) is 0. The fourth-order valence-electron chi connectivity index (χ4n) is 3.29. The highest BCUT2D eigenvalue weighted by atomic mass is 35.5. The van der Waals surface area contributed by atoms with Crippen molar-refractivity contribution >= 4 is 40.4 Å². The fraction of sp³-hybridized carbons (Fsp3) is 0.286. The molecule has 1 saturated heterocycles. The number of ether oxygens (including phenoxy) is 1. The number of benzene rings is 1. The van der Waals surface area contributed by atoms with Crippen LogP contribution >= 0.6 is 11.6 Å². The number of aryl methyl sites for hydroxylation is 2. The zero-order valence-electron chi connectivity index (χ0n) is 16.3. The van der Waals surface area contributed by atoms with Crippen molar-refractivity contribution in [3.63, 3.8) is 0 Å². The molecule has 2 N–H and O–H groups in total. The van der Waals surface area contributed by atoms with E-state index in [4.69, 9.17) is 16.3 Å². The topological polar surface area (TPSA) is 86.6 Å². The molecule has 1 aliphatic rings. The smallest absolute Gasteiger partial charge is 0.325 e. The molecule has 0 atom stereocenters. The van der Waals surface area contributed by atoms with Gasteiger partial charge in [-0.25, -0.2) is 0 Å². The number of allylic oxidation sites excluding steroid dienone is 1. The minimum absolute atomic E-state index is 0.219. The molecule has 150 valence electrons. The van der Waals surface area contributed by atoms with Crippen LogP contribution in [0.15, 0.2) is 35.8 Å². The van der Waals surface area contributed by atoms with Crippen LogP contribution in [-0.2, 0) is 6.42 Å². The van der Waals surface area contributed by atoms with Gasteiger partial charge in [-0.05, 0) is 37.1 Å². The van der Waals surface area contributed by atoms with Crippen LogP contribution in [0.1, 0.15) is 18.2 Å². The van der Waals surface area contributed by atoms with Crippen LogP contribution in [0.4, 0.5) is 11.5 Å². The summed E-state index contributed by atoms with van der Waals surface area (Å²) in [5.74, 6) is 1.28. The van der Waals surface area contributed by atoms with Crippen molar-refractivity contribution in [2.24, 2.45) is 4.99 Å². The number of aliphatic hydroxyl groups excluding tert-OH is 1. The van der Waals surface area contributed by atoms with Gasteiger partial charge in [-0.15, -0.1) is 0 Å². The minimum atomic E-state index is -0.362. The first-order valence-electron chi connectivity index (χ1n) is 9.44. The summed E-state index contributed by atoms with van der Waals surface area (Å²) in [5, 5.41) is 11.1. The Morgan fingerprint density at radius 1 is 1.41 bits per heavy atom. The molecule has 0 radical (unpaired) electrons. The summed E-state index contributed by atoms with van der Waals surface area (Å²) in [4.78, 5) is 18.7. The van der Waals surface area contributed by atoms with Gasteiger partial charge in [0.25, 0.3) is 0 Å². The summed E-state index contributed by atoms with van der Waals surface area (Å²) >= 11 is 6.55. The van der Waals surface area contributed by atoms with E-state index in [-0.39, 0.29) is 12.1 Å². The number of nitrogens with zero attached hydrogens (tertiary/aromatic N) is 4. The Bertz CT molecular complexity index is 1100. The molecule has 3 aromatic rings. The molecule has 29 heavy (non-hydrogen) atoms. The predicted molar refractivity (Wildman–Crippen MR) is 116 cm³/mol. The molecule has 2 aromatic heterocycles. The number of nitrogens with one attached hydrogen (secondary N) is 1. The number of aliphatic hydroxyl groups is 1. The van der Waals surface area contributed by atoms with Crippen molar-refractivity contribution in [3.05, 3.63) is 47.1 Å². The molecule has 0 spiro atoms. The molecule has 0 bridgehead atoms. The number of aliphatic imine (C=N–C) groups is 1. The van der Waals surface area contributed by atoms with Gasteiger partial charge in [-0.3, -0.25) is 4.99 Å². The Hall–Kier alpha value is -2.90. The third kappa shape index (κ3) is 3.71. The van der Waals surface area contributed by atoms with Gasteiger partial charge in [0, 0.05) is 25.0 Å². The molecule has 4 rings (SSSR count). The number of halogens is 1. The largest absolute Gasteiger partial charge is 0.424 e. The standard InChI is InChI=1S/C21H22ClN5O2/c1-4-8-23-16-7-6-14(9-12(16)3)29-21-25-19-17(18(22)15(5-2)24-19)20(26-21)27-10-13(28)11-27/h4,6-9,13,28H,1,5,10-11H2,2-3H3,(H,24,25,26). The monoisotopic (exact) mass is 411 g/mol.